The molecule has 116 valence electrons. The Balaban J connectivity index is 2.09. The lowest BCUT2D eigenvalue weighted by Crippen LogP contribution is -2.23. The molecule has 7 heteroatoms. The van der Waals surface area contributed by atoms with Gasteiger partial charge < -0.3 is 10.1 Å². The number of halogens is 3. The predicted molar refractivity (Wildman–Crippen MR) is 101 cm³/mol. The number of aliphatic hydroxyl groups is 1. The van der Waals surface area contributed by atoms with Crippen molar-refractivity contribution < 1.29 is 5.11 Å². The van der Waals surface area contributed by atoms with E-state index in [1.165, 1.54) is 0 Å². The van der Waals surface area contributed by atoms with Crippen LogP contribution in [-0.2, 0) is 0 Å². The summed E-state index contributed by atoms with van der Waals surface area (Å²) in [6.07, 6.45) is 2.83. The number of H-pyrrole nitrogens is 1. The molecule has 23 heavy (non-hydrogen) atoms. The van der Waals surface area contributed by atoms with Gasteiger partial charge in [-0.2, -0.15) is 5.26 Å². The lowest BCUT2D eigenvalue weighted by atomic mass is 10.0. The van der Waals surface area contributed by atoms with Gasteiger partial charge >= 0.3 is 0 Å². The van der Waals surface area contributed by atoms with E-state index in [0.29, 0.717) is 21.5 Å². The smallest absolute Gasteiger partial charge is 0.149 e. The molecule has 2 atom stereocenters. The third kappa shape index (κ3) is 3.22. The minimum absolute atomic E-state index is 0.194. The molecule has 0 saturated carbocycles. The summed E-state index contributed by atoms with van der Waals surface area (Å²) in [5, 5.41) is 19.7. The van der Waals surface area contributed by atoms with E-state index in [-0.39, 0.29) is 4.83 Å². The molecule has 0 fully saturated rings. The summed E-state index contributed by atoms with van der Waals surface area (Å²) in [6.45, 7) is 0. The summed E-state index contributed by atoms with van der Waals surface area (Å²) in [6, 6.07) is 9.76. The highest BCUT2D eigenvalue weighted by molar-refractivity contribution is 9.12. The monoisotopic (exact) mass is 497 g/mol. The quantitative estimate of drug-likeness (QED) is 0.471. The van der Waals surface area contributed by atoms with Gasteiger partial charge in [0, 0.05) is 14.5 Å². The number of aromatic amines is 1. The fraction of sp³-hybridized carbons (Fsp3) is 0.125. The van der Waals surface area contributed by atoms with Crippen molar-refractivity contribution in [2.45, 2.75) is 10.9 Å². The van der Waals surface area contributed by atoms with Crippen molar-refractivity contribution in [2.75, 3.05) is 0 Å². The van der Waals surface area contributed by atoms with E-state index < -0.39 is 6.10 Å². The minimum Gasteiger partial charge on any atom is -0.386 e. The van der Waals surface area contributed by atoms with Crippen LogP contribution in [0.15, 0.2) is 51.0 Å². The molecule has 2 aromatic rings. The second-order valence-corrected chi connectivity index (χ2v) is 7.70. The second-order valence-electron chi connectivity index (χ2n) is 4.94. The van der Waals surface area contributed by atoms with Gasteiger partial charge in [-0.25, -0.2) is 4.98 Å². The molecule has 0 spiro atoms. The van der Waals surface area contributed by atoms with Crippen LogP contribution >= 0.6 is 47.8 Å². The molecule has 2 N–H and O–H groups in total. The first-order valence-electron chi connectivity index (χ1n) is 6.67. The Labute approximate surface area is 158 Å². The van der Waals surface area contributed by atoms with Crippen LogP contribution in [0.4, 0.5) is 0 Å². The Morgan fingerprint density at radius 3 is 2.78 bits per heavy atom. The Morgan fingerprint density at radius 1 is 1.35 bits per heavy atom. The maximum absolute atomic E-state index is 10.2. The number of nitrogens with one attached hydrogen (secondary N) is 1. The molecular formula is C16H10Br3N3O. The molecule has 1 aliphatic carbocycles. The van der Waals surface area contributed by atoms with E-state index in [1.807, 2.05) is 30.3 Å². The lowest BCUT2D eigenvalue weighted by molar-refractivity contribution is 0.228. The molecule has 0 amide bonds. The minimum atomic E-state index is -0.710. The molecule has 0 radical (unpaired) electrons. The zero-order valence-corrected chi connectivity index (χ0v) is 16.4. The van der Waals surface area contributed by atoms with Crippen LogP contribution in [-0.4, -0.2) is 26.0 Å². The van der Waals surface area contributed by atoms with Crippen LogP contribution in [0, 0.1) is 11.3 Å². The van der Waals surface area contributed by atoms with Gasteiger partial charge in [0.15, 0.2) is 0 Å². The van der Waals surface area contributed by atoms with Crippen molar-refractivity contribution in [2.24, 2.45) is 0 Å². The van der Waals surface area contributed by atoms with Crippen LogP contribution in [0.5, 0.6) is 0 Å². The number of aromatic nitrogens is 2. The third-order valence-corrected chi connectivity index (χ3v) is 5.79. The van der Waals surface area contributed by atoms with Crippen LogP contribution < -0.4 is 0 Å². The highest BCUT2D eigenvalue weighted by atomic mass is 79.9. The van der Waals surface area contributed by atoms with E-state index in [9.17, 15) is 10.4 Å². The van der Waals surface area contributed by atoms with Gasteiger partial charge in [-0.15, -0.1) is 0 Å². The number of allylic oxidation sites excluding steroid dienone is 4. The van der Waals surface area contributed by atoms with E-state index in [0.717, 1.165) is 15.5 Å². The van der Waals surface area contributed by atoms with E-state index in [4.69, 9.17) is 0 Å². The average Bonchev–Trinajstić information content (AvgIpc) is 2.96. The maximum Gasteiger partial charge on any atom is 0.149 e. The van der Waals surface area contributed by atoms with Gasteiger partial charge in [0.1, 0.15) is 18.0 Å². The first kappa shape index (κ1) is 16.7. The van der Waals surface area contributed by atoms with Crippen molar-refractivity contribution in [3.8, 4) is 6.07 Å². The zero-order chi connectivity index (χ0) is 16.6. The molecule has 1 aromatic carbocycles. The highest BCUT2D eigenvalue weighted by Crippen LogP contribution is 2.37. The Bertz CT molecular complexity index is 872. The largest absolute Gasteiger partial charge is 0.386 e. The van der Waals surface area contributed by atoms with Crippen LogP contribution in [0.3, 0.4) is 0 Å². The molecular weight excluding hydrogens is 490 g/mol. The van der Waals surface area contributed by atoms with Gasteiger partial charge in [-0.3, -0.25) is 0 Å². The third-order valence-electron chi connectivity index (χ3n) is 3.44. The van der Waals surface area contributed by atoms with Gasteiger partial charge in [-0.1, -0.05) is 66.0 Å². The van der Waals surface area contributed by atoms with Crippen molar-refractivity contribution in [3.05, 3.63) is 56.8 Å². The van der Waals surface area contributed by atoms with Crippen LogP contribution in [0.2, 0.25) is 0 Å². The fourth-order valence-electron chi connectivity index (χ4n) is 2.25. The summed E-state index contributed by atoms with van der Waals surface area (Å²) in [5.41, 5.74) is 2.77. The molecule has 0 saturated heterocycles. The van der Waals surface area contributed by atoms with Crippen molar-refractivity contribution in [1.29, 1.82) is 5.26 Å². The van der Waals surface area contributed by atoms with Crippen molar-refractivity contribution in [1.82, 2.24) is 9.97 Å². The number of alkyl halides is 1. The molecule has 4 nitrogen and oxygen atoms in total. The van der Waals surface area contributed by atoms with E-state index in [2.05, 4.69) is 63.8 Å². The number of imidazole rings is 1. The summed E-state index contributed by atoms with van der Waals surface area (Å²) in [7, 11) is 0. The fourth-order valence-corrected chi connectivity index (χ4v) is 4.98. The second kappa shape index (κ2) is 6.73. The molecule has 1 aromatic heterocycles. The normalized spacial score (nSPS) is 22.2. The maximum atomic E-state index is 10.2. The lowest BCUT2D eigenvalue weighted by Gasteiger charge is -2.22. The number of nitriles is 1. The number of para-hydroxylation sites is 2. The number of fused-ring (bicyclic) bond motifs is 1. The highest BCUT2D eigenvalue weighted by Gasteiger charge is 2.26. The number of benzene rings is 1. The number of aliphatic hydroxyl groups excluding tert-OH is 1. The molecule has 0 aliphatic heterocycles. The first-order valence-corrected chi connectivity index (χ1v) is 9.18. The van der Waals surface area contributed by atoms with Crippen molar-refractivity contribution in [3.63, 3.8) is 0 Å². The summed E-state index contributed by atoms with van der Waals surface area (Å²) in [5.74, 6) is 0.497. The molecule has 1 heterocycles. The SMILES string of the molecule is N#C/C(=C\C1=C(Br)[C@@H](O)[C@H](Br)C=C1Br)c1nc2ccccc2[nH]1. The number of nitrogens with zero attached hydrogens (tertiary/aromatic N) is 2. The number of rotatable bonds is 2. The summed E-state index contributed by atoms with van der Waals surface area (Å²) >= 11 is 10.3. The molecule has 3 rings (SSSR count). The van der Waals surface area contributed by atoms with Crippen LogP contribution in [0.1, 0.15) is 5.82 Å². The first-order chi connectivity index (χ1) is 11.0. The topological polar surface area (TPSA) is 72.7 Å². The van der Waals surface area contributed by atoms with Crippen LogP contribution in [0.25, 0.3) is 16.6 Å². The van der Waals surface area contributed by atoms with E-state index in [1.54, 1.807) is 6.08 Å². The Hall–Kier alpha value is -1.20. The van der Waals surface area contributed by atoms with Gasteiger partial charge in [0.2, 0.25) is 0 Å². The molecule has 0 bridgehead atoms. The standard InChI is InChI=1S/C16H10Br3N3O/c17-10-6-11(18)15(23)14(19)9(10)5-8(7-20)16-21-12-3-1-2-4-13(12)22-16/h1-6,11,15,23H,(H,21,22)/b8-5+/t11-,15+/m1/s1. The summed E-state index contributed by atoms with van der Waals surface area (Å²) in [4.78, 5) is 7.39. The zero-order valence-electron chi connectivity index (χ0n) is 11.6. The molecule has 1 aliphatic rings. The predicted octanol–water partition coefficient (Wildman–Crippen LogP) is 4.54. The Morgan fingerprint density at radius 2 is 2.09 bits per heavy atom. The van der Waals surface area contributed by atoms with Crippen molar-refractivity contribution >= 4 is 64.4 Å². The summed E-state index contributed by atoms with van der Waals surface area (Å²) < 4.78 is 1.40. The van der Waals surface area contributed by atoms with Gasteiger partial charge in [0.05, 0.1) is 21.4 Å². The number of hydrogen-bond donors (Lipinski definition) is 2. The number of hydrogen-bond acceptors (Lipinski definition) is 3. The average molecular weight is 500 g/mol. The van der Waals surface area contributed by atoms with E-state index >= 15 is 0 Å². The molecule has 0 unspecified atom stereocenters. The Kier molecular flexibility index (Phi) is 4.87. The van der Waals surface area contributed by atoms with Gasteiger partial charge in [0.25, 0.3) is 0 Å². The van der Waals surface area contributed by atoms with Gasteiger partial charge in [-0.05, 0) is 18.2 Å².